The molecule has 0 aliphatic heterocycles. The molecular formula is H3N4O6P. The van der Waals surface area contributed by atoms with Gasteiger partial charge in [0, 0.05) is 0 Å². The van der Waals surface area contributed by atoms with E-state index in [0.29, 0.717) is 0 Å². The van der Waals surface area contributed by atoms with Crippen LogP contribution < -0.4 is 6.15 Å². The minimum absolute atomic E-state index is 0. The third-order valence-electron chi connectivity index (χ3n) is 0.438. The Morgan fingerprint density at radius 3 is 1.00 bits per heavy atom. The average molecular weight is 186 g/mol. The van der Waals surface area contributed by atoms with Gasteiger partial charge in [0.2, 0.25) is 0 Å². The Labute approximate surface area is 60.1 Å². The van der Waals surface area contributed by atoms with Crippen LogP contribution in [0.5, 0.6) is 0 Å². The van der Waals surface area contributed by atoms with Crippen LogP contribution in [0.1, 0.15) is 0 Å². The van der Waals surface area contributed by atoms with Gasteiger partial charge < -0.3 is 6.15 Å². The predicted octanol–water partition coefficient (Wildman–Crippen LogP) is 0.205. The van der Waals surface area contributed by atoms with Crippen LogP contribution in [-0.4, -0.2) is 14.1 Å². The normalized spacial score (nSPS) is 8.45. The van der Waals surface area contributed by atoms with Gasteiger partial charge in [-0.15, -0.1) is 0 Å². The number of nitrogens with zero attached hydrogens (tertiary/aromatic N) is 3. The van der Waals surface area contributed by atoms with E-state index in [-0.39, 0.29) is 6.15 Å². The molecule has 11 heavy (non-hydrogen) atoms. The molecule has 0 aromatic heterocycles. The second-order valence-electron chi connectivity index (χ2n) is 0.982. The first-order valence-electron chi connectivity index (χ1n) is 1.70. The van der Waals surface area contributed by atoms with Crippen molar-refractivity contribution in [2.24, 2.45) is 0 Å². The van der Waals surface area contributed by atoms with E-state index in [1.54, 1.807) is 0 Å². The summed E-state index contributed by atoms with van der Waals surface area (Å²) < 4.78 is -4.56. The summed E-state index contributed by atoms with van der Waals surface area (Å²) in [7, 11) is -3.57. The molecule has 0 fully saturated rings. The van der Waals surface area contributed by atoms with Crippen LogP contribution in [0.15, 0.2) is 0 Å². The largest absolute Gasteiger partial charge is 0.979 e. The molecule has 0 aromatic rings. The molecule has 0 spiro atoms. The van der Waals surface area contributed by atoms with Gasteiger partial charge in [-0.3, -0.25) is 30.3 Å². The van der Waals surface area contributed by atoms with E-state index in [1.807, 2.05) is 0 Å². The van der Waals surface area contributed by atoms with Crippen LogP contribution in [-0.2, 0) is 0 Å². The first kappa shape index (κ1) is 12.3. The molecule has 0 saturated carbocycles. The summed E-state index contributed by atoms with van der Waals surface area (Å²) >= 11 is 0. The highest BCUT2D eigenvalue weighted by Gasteiger charge is 2.58. The van der Waals surface area contributed by atoms with Gasteiger partial charge in [-0.05, 0) is 0 Å². The molecular weight excluding hydrogens is 183 g/mol. The van der Waals surface area contributed by atoms with Crippen molar-refractivity contribution in [3.63, 3.8) is 0 Å². The number of hydrogen-bond acceptors (Lipinski definition) is 7. The molecule has 0 unspecified atom stereocenters. The van der Waals surface area contributed by atoms with E-state index in [9.17, 15) is 30.3 Å². The molecule has 0 atom stereocenters. The lowest BCUT2D eigenvalue weighted by atomic mass is 13.3. The van der Waals surface area contributed by atoms with Crippen molar-refractivity contribution in [2.45, 2.75) is 0 Å². The van der Waals surface area contributed by atoms with Gasteiger partial charge in [-0.1, -0.05) is 0 Å². The van der Waals surface area contributed by atoms with Crippen LogP contribution in [0.3, 0.4) is 0 Å². The standard InChI is InChI=1S/N3O6P.H3N/c4-1(5)10(2(6)7)3(8)9;/h;1H3. The third-order valence-corrected chi connectivity index (χ3v) is 1.31. The lowest BCUT2D eigenvalue weighted by Crippen LogP contribution is -2.07. The van der Waals surface area contributed by atoms with Crippen molar-refractivity contribution in [1.29, 1.82) is 0 Å². The molecule has 64 valence electrons. The fraction of sp³-hybridized carbons (Fsp3) is 0. The van der Waals surface area contributed by atoms with Crippen molar-refractivity contribution >= 4 is 8.37 Å². The maximum Gasteiger partial charge on any atom is 0.979 e. The number of rotatable bonds is 3. The number of hydrogen-bond donors (Lipinski definition) is 1. The molecule has 0 aliphatic carbocycles. The smallest absolute Gasteiger partial charge is 0.344 e. The van der Waals surface area contributed by atoms with Crippen LogP contribution in [0.25, 0.3) is 0 Å². The molecule has 0 aliphatic rings. The zero-order chi connectivity index (χ0) is 8.31. The van der Waals surface area contributed by atoms with Crippen LogP contribution in [0.2, 0.25) is 0 Å². The lowest BCUT2D eigenvalue weighted by Gasteiger charge is -1.83. The molecule has 0 bridgehead atoms. The first-order chi connectivity index (χ1) is 4.46. The Bertz CT molecular complexity index is 154. The van der Waals surface area contributed by atoms with Gasteiger partial charge in [0.1, 0.15) is 0 Å². The summed E-state index contributed by atoms with van der Waals surface area (Å²) in [6.45, 7) is 0. The Balaban J connectivity index is 0. The molecule has 0 aromatic carbocycles. The second-order valence-corrected chi connectivity index (χ2v) is 2.50. The van der Waals surface area contributed by atoms with Crippen LogP contribution in [0.4, 0.5) is 0 Å². The third kappa shape index (κ3) is 3.33. The van der Waals surface area contributed by atoms with Gasteiger partial charge in [0.05, 0.1) is 0 Å². The van der Waals surface area contributed by atoms with E-state index in [0.717, 1.165) is 0 Å². The van der Waals surface area contributed by atoms with Crippen molar-refractivity contribution in [2.75, 3.05) is 0 Å². The molecule has 0 amide bonds. The Hall–Kier alpha value is -1.41. The molecule has 3 N–H and O–H groups in total. The molecule has 11 heteroatoms. The quantitative estimate of drug-likeness (QED) is 0.373. The van der Waals surface area contributed by atoms with Gasteiger partial charge >= 0.3 is 8.37 Å². The summed E-state index contributed by atoms with van der Waals surface area (Å²) in [5, 5.41) is 28.6. The van der Waals surface area contributed by atoms with Crippen molar-refractivity contribution in [3.05, 3.63) is 30.3 Å². The van der Waals surface area contributed by atoms with E-state index in [2.05, 4.69) is 0 Å². The fourth-order valence-electron chi connectivity index (χ4n) is 0.179. The zero-order valence-corrected chi connectivity index (χ0v) is 5.84. The Kier molecular flexibility index (Phi) is 4.93. The zero-order valence-electron chi connectivity index (χ0n) is 4.95. The molecule has 0 heterocycles. The summed E-state index contributed by atoms with van der Waals surface area (Å²) in [5.74, 6) is 0. The monoisotopic (exact) mass is 186 g/mol. The van der Waals surface area contributed by atoms with E-state index in [1.165, 1.54) is 0 Å². The maximum absolute atomic E-state index is 9.53. The minimum atomic E-state index is -3.57. The summed E-state index contributed by atoms with van der Waals surface area (Å²) in [5.41, 5.74) is 0. The summed E-state index contributed by atoms with van der Waals surface area (Å²) in [6.07, 6.45) is 0. The molecule has 0 saturated heterocycles. The predicted molar refractivity (Wildman–Crippen MR) is 32.9 cm³/mol. The Morgan fingerprint density at radius 1 is 0.818 bits per heavy atom. The topological polar surface area (TPSA) is 164 Å². The van der Waals surface area contributed by atoms with Crippen molar-refractivity contribution < 1.29 is 14.1 Å². The molecule has 0 rings (SSSR count). The van der Waals surface area contributed by atoms with Gasteiger partial charge in [-0.2, -0.15) is 0 Å². The van der Waals surface area contributed by atoms with Gasteiger partial charge in [0.15, 0.2) is 14.1 Å². The summed E-state index contributed by atoms with van der Waals surface area (Å²) in [4.78, 5) is 28.6. The van der Waals surface area contributed by atoms with Gasteiger partial charge in [0.25, 0.3) is 0 Å². The summed E-state index contributed by atoms with van der Waals surface area (Å²) in [6, 6.07) is 0. The molecule has 0 radical (unpaired) electrons. The highest BCUT2D eigenvalue weighted by molar-refractivity contribution is 7.37. The van der Waals surface area contributed by atoms with Gasteiger partial charge in [-0.25, -0.2) is 0 Å². The highest BCUT2D eigenvalue weighted by atomic mass is 31.2. The number of nitro groups is 3. The SMILES string of the molecule is N.O=[N+]([O-])P([N+](=O)[O-])[N+](=O)[O-]. The lowest BCUT2D eigenvalue weighted by molar-refractivity contribution is -0.527. The van der Waals surface area contributed by atoms with Crippen molar-refractivity contribution in [1.82, 2.24) is 6.15 Å². The minimum Gasteiger partial charge on any atom is -0.344 e. The van der Waals surface area contributed by atoms with Crippen molar-refractivity contribution in [3.8, 4) is 0 Å². The van der Waals surface area contributed by atoms with Crippen LogP contribution >= 0.6 is 8.37 Å². The Morgan fingerprint density at radius 2 is 1.00 bits per heavy atom. The van der Waals surface area contributed by atoms with E-state index >= 15 is 0 Å². The van der Waals surface area contributed by atoms with Crippen LogP contribution in [0, 0.1) is 30.3 Å². The highest BCUT2D eigenvalue weighted by Crippen LogP contribution is 2.34. The van der Waals surface area contributed by atoms with E-state index in [4.69, 9.17) is 0 Å². The average Bonchev–Trinajstić information content (AvgIpc) is 1.59. The second kappa shape index (κ2) is 4.41. The maximum atomic E-state index is 9.53. The molecule has 10 nitrogen and oxygen atoms in total. The fourth-order valence-corrected chi connectivity index (χ4v) is 0.537. The first-order valence-corrected chi connectivity index (χ1v) is 2.90. The van der Waals surface area contributed by atoms with E-state index < -0.39 is 22.5 Å².